The lowest BCUT2D eigenvalue weighted by molar-refractivity contribution is -0.131. The van der Waals surface area contributed by atoms with Gasteiger partial charge in [-0.1, -0.05) is 0 Å². The lowest BCUT2D eigenvalue weighted by Gasteiger charge is -2.36. The van der Waals surface area contributed by atoms with Crippen molar-refractivity contribution in [1.29, 1.82) is 0 Å². The summed E-state index contributed by atoms with van der Waals surface area (Å²) in [5, 5.41) is 2.95. The van der Waals surface area contributed by atoms with E-state index in [2.05, 4.69) is 10.2 Å². The fraction of sp³-hybridized carbons (Fsp3) is 0.867. The van der Waals surface area contributed by atoms with Crippen molar-refractivity contribution in [2.45, 2.75) is 44.8 Å². The SMILES string of the molecule is CC(=O)N(C)C1CCN(CC(=O)NCC2CCCO2)CC1. The third kappa shape index (κ3) is 4.97. The van der Waals surface area contributed by atoms with Crippen LogP contribution in [-0.2, 0) is 14.3 Å². The summed E-state index contributed by atoms with van der Waals surface area (Å²) in [6, 6.07) is 0.314. The number of ether oxygens (including phenoxy) is 1. The van der Waals surface area contributed by atoms with E-state index in [-0.39, 0.29) is 17.9 Å². The molecule has 2 rings (SSSR count). The summed E-state index contributed by atoms with van der Waals surface area (Å²) < 4.78 is 5.49. The van der Waals surface area contributed by atoms with Crippen LogP contribution in [-0.4, -0.2) is 73.6 Å². The van der Waals surface area contributed by atoms with Crippen molar-refractivity contribution in [2.75, 3.05) is 39.8 Å². The minimum Gasteiger partial charge on any atom is -0.376 e. The van der Waals surface area contributed by atoms with Crippen molar-refractivity contribution in [3.8, 4) is 0 Å². The summed E-state index contributed by atoms with van der Waals surface area (Å²) in [4.78, 5) is 27.2. The van der Waals surface area contributed by atoms with Crippen molar-refractivity contribution in [1.82, 2.24) is 15.1 Å². The number of hydrogen-bond donors (Lipinski definition) is 1. The van der Waals surface area contributed by atoms with Crippen molar-refractivity contribution in [3.63, 3.8) is 0 Å². The summed E-state index contributed by atoms with van der Waals surface area (Å²) in [5.41, 5.74) is 0. The van der Waals surface area contributed by atoms with Crippen molar-refractivity contribution in [3.05, 3.63) is 0 Å². The van der Waals surface area contributed by atoms with E-state index >= 15 is 0 Å². The molecule has 0 bridgehead atoms. The second-order valence-corrected chi connectivity index (χ2v) is 6.08. The Labute approximate surface area is 126 Å². The van der Waals surface area contributed by atoms with Gasteiger partial charge in [0.1, 0.15) is 0 Å². The Morgan fingerprint density at radius 1 is 1.29 bits per heavy atom. The maximum atomic E-state index is 11.9. The number of rotatable bonds is 5. The first kappa shape index (κ1) is 16.2. The van der Waals surface area contributed by atoms with Crippen LogP contribution in [0.4, 0.5) is 0 Å². The minimum absolute atomic E-state index is 0.0730. The molecule has 6 heteroatoms. The van der Waals surface area contributed by atoms with Crippen molar-refractivity contribution in [2.24, 2.45) is 0 Å². The number of carbonyl (C=O) groups excluding carboxylic acids is 2. The summed E-state index contributed by atoms with van der Waals surface area (Å²) in [5.74, 6) is 0.187. The zero-order chi connectivity index (χ0) is 15.2. The zero-order valence-electron chi connectivity index (χ0n) is 13.1. The Morgan fingerprint density at radius 2 is 2.00 bits per heavy atom. The van der Waals surface area contributed by atoms with Crippen LogP contribution in [0.3, 0.4) is 0 Å². The lowest BCUT2D eigenvalue weighted by atomic mass is 10.0. The number of hydrogen-bond acceptors (Lipinski definition) is 4. The predicted molar refractivity (Wildman–Crippen MR) is 79.9 cm³/mol. The Morgan fingerprint density at radius 3 is 2.57 bits per heavy atom. The van der Waals surface area contributed by atoms with Gasteiger partial charge in [-0.3, -0.25) is 14.5 Å². The van der Waals surface area contributed by atoms with Crippen LogP contribution in [0.5, 0.6) is 0 Å². The molecule has 2 saturated heterocycles. The fourth-order valence-electron chi connectivity index (χ4n) is 3.01. The smallest absolute Gasteiger partial charge is 0.234 e. The molecule has 120 valence electrons. The van der Waals surface area contributed by atoms with Gasteiger partial charge in [-0.25, -0.2) is 0 Å². The van der Waals surface area contributed by atoms with E-state index in [0.717, 1.165) is 45.4 Å². The molecule has 1 N–H and O–H groups in total. The van der Waals surface area contributed by atoms with Gasteiger partial charge in [-0.2, -0.15) is 0 Å². The fourth-order valence-corrected chi connectivity index (χ4v) is 3.01. The van der Waals surface area contributed by atoms with Gasteiger partial charge in [-0.15, -0.1) is 0 Å². The number of piperidine rings is 1. The first-order valence-electron chi connectivity index (χ1n) is 7.90. The molecule has 2 fully saturated rings. The number of carbonyl (C=O) groups is 2. The molecule has 1 unspecified atom stereocenters. The summed E-state index contributed by atoms with van der Waals surface area (Å²) in [6.45, 7) is 5.24. The third-order valence-corrected chi connectivity index (χ3v) is 4.52. The molecule has 0 saturated carbocycles. The van der Waals surface area contributed by atoms with E-state index in [9.17, 15) is 9.59 Å². The normalized spacial score (nSPS) is 24.0. The van der Waals surface area contributed by atoms with Crippen molar-refractivity contribution >= 4 is 11.8 Å². The lowest BCUT2D eigenvalue weighted by Crippen LogP contribution is -2.48. The van der Waals surface area contributed by atoms with Crippen LogP contribution in [0.25, 0.3) is 0 Å². The average Bonchev–Trinajstić information content (AvgIpc) is 2.98. The molecule has 0 aromatic carbocycles. The maximum absolute atomic E-state index is 11.9. The molecule has 0 spiro atoms. The standard InChI is InChI=1S/C15H27N3O3/c1-12(19)17(2)13-5-7-18(8-6-13)11-15(20)16-10-14-4-3-9-21-14/h13-14H,3-11H2,1-2H3,(H,16,20). The Bertz CT molecular complexity index is 361. The van der Waals surface area contributed by atoms with E-state index in [1.165, 1.54) is 0 Å². The molecule has 0 aromatic rings. The van der Waals surface area contributed by atoms with Crippen LogP contribution in [0.15, 0.2) is 0 Å². The van der Waals surface area contributed by atoms with Crippen LogP contribution < -0.4 is 5.32 Å². The van der Waals surface area contributed by atoms with E-state index in [1.54, 1.807) is 6.92 Å². The molecule has 2 aliphatic rings. The van der Waals surface area contributed by atoms with Gasteiger partial charge in [0.2, 0.25) is 11.8 Å². The van der Waals surface area contributed by atoms with E-state index in [0.29, 0.717) is 19.1 Å². The largest absolute Gasteiger partial charge is 0.376 e. The molecule has 0 aromatic heterocycles. The summed E-state index contributed by atoms with van der Waals surface area (Å²) in [6.07, 6.45) is 4.22. The van der Waals surface area contributed by atoms with Crippen LogP contribution in [0.2, 0.25) is 0 Å². The van der Waals surface area contributed by atoms with Gasteiger partial charge in [0, 0.05) is 46.3 Å². The molecule has 2 amide bonds. The molecular formula is C15H27N3O3. The molecule has 2 aliphatic heterocycles. The number of nitrogens with one attached hydrogen (secondary N) is 1. The molecule has 2 heterocycles. The average molecular weight is 297 g/mol. The third-order valence-electron chi connectivity index (χ3n) is 4.52. The second-order valence-electron chi connectivity index (χ2n) is 6.08. The Kier molecular flexibility index (Phi) is 5.99. The van der Waals surface area contributed by atoms with Gasteiger partial charge in [-0.05, 0) is 25.7 Å². The highest BCUT2D eigenvalue weighted by atomic mass is 16.5. The summed E-state index contributed by atoms with van der Waals surface area (Å²) >= 11 is 0. The first-order valence-corrected chi connectivity index (χ1v) is 7.90. The molecule has 21 heavy (non-hydrogen) atoms. The topological polar surface area (TPSA) is 61.9 Å². The summed E-state index contributed by atoms with van der Waals surface area (Å²) in [7, 11) is 1.86. The van der Waals surface area contributed by atoms with Crippen molar-refractivity contribution < 1.29 is 14.3 Å². The zero-order valence-corrected chi connectivity index (χ0v) is 13.1. The van der Waals surface area contributed by atoms with Gasteiger partial charge in [0.05, 0.1) is 12.6 Å². The Hall–Kier alpha value is -1.14. The molecule has 6 nitrogen and oxygen atoms in total. The number of likely N-dealkylation sites (tertiary alicyclic amines) is 1. The van der Waals surface area contributed by atoms with Gasteiger partial charge in [0.15, 0.2) is 0 Å². The molecule has 0 aliphatic carbocycles. The van der Waals surface area contributed by atoms with E-state index < -0.39 is 0 Å². The maximum Gasteiger partial charge on any atom is 0.234 e. The van der Waals surface area contributed by atoms with E-state index in [4.69, 9.17) is 4.74 Å². The quantitative estimate of drug-likeness (QED) is 0.789. The highest BCUT2D eigenvalue weighted by Gasteiger charge is 2.25. The first-order chi connectivity index (χ1) is 10.1. The van der Waals surface area contributed by atoms with E-state index in [1.807, 2.05) is 11.9 Å². The highest BCUT2D eigenvalue weighted by molar-refractivity contribution is 5.78. The van der Waals surface area contributed by atoms with Crippen LogP contribution in [0.1, 0.15) is 32.6 Å². The highest BCUT2D eigenvalue weighted by Crippen LogP contribution is 2.15. The molecular weight excluding hydrogens is 270 g/mol. The molecule has 0 radical (unpaired) electrons. The van der Waals surface area contributed by atoms with Gasteiger partial charge < -0.3 is 15.0 Å². The van der Waals surface area contributed by atoms with Gasteiger partial charge in [0.25, 0.3) is 0 Å². The minimum atomic E-state index is 0.0730. The monoisotopic (exact) mass is 297 g/mol. The van der Waals surface area contributed by atoms with Crippen LogP contribution in [0, 0.1) is 0 Å². The number of nitrogens with zero attached hydrogens (tertiary/aromatic N) is 2. The number of amides is 2. The second kappa shape index (κ2) is 7.75. The van der Waals surface area contributed by atoms with Gasteiger partial charge >= 0.3 is 0 Å². The van der Waals surface area contributed by atoms with Crippen LogP contribution >= 0.6 is 0 Å². The molecule has 1 atom stereocenters. The predicted octanol–water partition coefficient (Wildman–Crippen LogP) is 0.224. The Balaban J connectivity index is 1.63.